The number of hydrogen-bond acceptors (Lipinski definition) is 5. The predicted octanol–water partition coefficient (Wildman–Crippen LogP) is -0.466. The van der Waals surface area contributed by atoms with Crippen LogP contribution in [0.25, 0.3) is 0 Å². The van der Waals surface area contributed by atoms with E-state index in [1.165, 1.54) is 11.4 Å². The van der Waals surface area contributed by atoms with E-state index >= 15 is 0 Å². The van der Waals surface area contributed by atoms with E-state index in [4.69, 9.17) is 10.8 Å². The first kappa shape index (κ1) is 17.4. The third kappa shape index (κ3) is 5.01. The highest BCUT2D eigenvalue weighted by Crippen LogP contribution is 2.18. The van der Waals surface area contributed by atoms with Crippen LogP contribution in [-0.4, -0.2) is 73.7 Å². The summed E-state index contributed by atoms with van der Waals surface area (Å²) in [5.74, 6) is -1.40. The Kier molecular flexibility index (Phi) is 6.38. The number of carboxylic acid groups (broad SMARTS) is 1. The van der Waals surface area contributed by atoms with Gasteiger partial charge in [0.2, 0.25) is 10.0 Å². The van der Waals surface area contributed by atoms with Crippen LogP contribution < -0.4 is 5.73 Å². The van der Waals surface area contributed by atoms with Gasteiger partial charge in [0.15, 0.2) is 0 Å². The molecule has 0 radical (unpaired) electrons. The minimum Gasteiger partial charge on any atom is -0.480 e. The third-order valence-electron chi connectivity index (χ3n) is 3.93. The average molecular weight is 307 g/mol. The highest BCUT2D eigenvalue weighted by Gasteiger charge is 2.25. The van der Waals surface area contributed by atoms with Gasteiger partial charge in [-0.2, -0.15) is 0 Å². The lowest BCUT2D eigenvalue weighted by Crippen LogP contribution is -2.37. The molecule has 0 bridgehead atoms. The summed E-state index contributed by atoms with van der Waals surface area (Å²) in [4.78, 5) is 12.8. The minimum absolute atomic E-state index is 0.0641. The van der Waals surface area contributed by atoms with Crippen molar-refractivity contribution in [1.82, 2.24) is 9.21 Å². The number of sulfonamides is 1. The van der Waals surface area contributed by atoms with E-state index in [-0.39, 0.29) is 12.2 Å². The van der Waals surface area contributed by atoms with Crippen LogP contribution >= 0.6 is 0 Å². The summed E-state index contributed by atoms with van der Waals surface area (Å²) >= 11 is 0. The fourth-order valence-electron chi connectivity index (χ4n) is 2.37. The van der Waals surface area contributed by atoms with Gasteiger partial charge in [0.1, 0.15) is 6.04 Å². The summed E-state index contributed by atoms with van der Waals surface area (Å²) in [5.41, 5.74) is 5.33. The molecule has 1 saturated heterocycles. The lowest BCUT2D eigenvalue weighted by molar-refractivity contribution is -0.138. The first-order chi connectivity index (χ1) is 9.24. The third-order valence-corrected chi connectivity index (χ3v) is 5.81. The van der Waals surface area contributed by atoms with Gasteiger partial charge in [0.25, 0.3) is 0 Å². The van der Waals surface area contributed by atoms with Crippen molar-refractivity contribution >= 4 is 16.0 Å². The normalized spacial score (nSPS) is 22.3. The fourth-order valence-corrected chi connectivity index (χ4v) is 3.62. The van der Waals surface area contributed by atoms with Crippen molar-refractivity contribution in [2.24, 2.45) is 5.73 Å². The Morgan fingerprint density at radius 2 is 2.20 bits per heavy atom. The summed E-state index contributed by atoms with van der Waals surface area (Å²) in [6.45, 7) is 1.52. The van der Waals surface area contributed by atoms with Gasteiger partial charge < -0.3 is 15.7 Å². The molecule has 20 heavy (non-hydrogen) atoms. The van der Waals surface area contributed by atoms with Crippen molar-refractivity contribution in [1.29, 1.82) is 0 Å². The van der Waals surface area contributed by atoms with Gasteiger partial charge in [-0.15, -0.1) is 0 Å². The molecule has 0 spiro atoms. The molecule has 0 amide bonds. The molecule has 1 rings (SSSR count). The summed E-state index contributed by atoms with van der Waals surface area (Å²) < 4.78 is 25.3. The Balaban J connectivity index is 2.40. The number of nitrogens with zero attached hydrogens (tertiary/aromatic N) is 2. The van der Waals surface area contributed by atoms with Crippen LogP contribution in [0.15, 0.2) is 0 Å². The molecule has 2 atom stereocenters. The molecule has 0 aromatic heterocycles. The van der Waals surface area contributed by atoms with E-state index in [1.807, 2.05) is 0 Å². The second-order valence-corrected chi connectivity index (χ2v) is 7.63. The molecule has 8 heteroatoms. The first-order valence-electron chi connectivity index (χ1n) is 6.86. The molecule has 7 nitrogen and oxygen atoms in total. The molecule has 2 unspecified atom stereocenters. The zero-order chi connectivity index (χ0) is 15.3. The van der Waals surface area contributed by atoms with Crippen molar-refractivity contribution in [3.8, 4) is 0 Å². The van der Waals surface area contributed by atoms with Gasteiger partial charge in [0.05, 0.1) is 5.75 Å². The Hall–Kier alpha value is -0.700. The molecule has 0 saturated carbocycles. The van der Waals surface area contributed by atoms with Gasteiger partial charge >= 0.3 is 5.97 Å². The summed E-state index contributed by atoms with van der Waals surface area (Å²) in [6.07, 6.45) is 3.00. The molecule has 118 valence electrons. The SMILES string of the molecule is CN1CCCC1CCN(C)S(=O)(=O)CCC(N)C(=O)O. The average Bonchev–Trinajstić information content (AvgIpc) is 2.78. The predicted molar refractivity (Wildman–Crippen MR) is 76.9 cm³/mol. The highest BCUT2D eigenvalue weighted by molar-refractivity contribution is 7.89. The first-order valence-corrected chi connectivity index (χ1v) is 8.47. The summed E-state index contributed by atoms with van der Waals surface area (Å²) in [7, 11) is 0.165. The maximum atomic E-state index is 12.0. The van der Waals surface area contributed by atoms with Crippen LogP contribution in [-0.2, 0) is 14.8 Å². The van der Waals surface area contributed by atoms with Crippen molar-refractivity contribution in [3.05, 3.63) is 0 Å². The van der Waals surface area contributed by atoms with Crippen LogP contribution in [0.4, 0.5) is 0 Å². The van der Waals surface area contributed by atoms with Crippen LogP contribution in [0, 0.1) is 0 Å². The van der Waals surface area contributed by atoms with Crippen LogP contribution in [0.1, 0.15) is 25.7 Å². The second kappa shape index (κ2) is 7.35. The number of carboxylic acids is 1. The topological polar surface area (TPSA) is 104 Å². The standard InChI is InChI=1S/C12H25N3O4S/c1-14-7-3-4-10(14)5-8-15(2)20(18,19)9-6-11(13)12(16)17/h10-11H,3-9,13H2,1-2H3,(H,16,17). The molecule has 0 aromatic rings. The van der Waals surface area contributed by atoms with E-state index in [0.29, 0.717) is 12.6 Å². The molecule has 0 aromatic carbocycles. The Morgan fingerprint density at radius 3 is 2.70 bits per heavy atom. The second-order valence-electron chi connectivity index (χ2n) is 5.44. The van der Waals surface area contributed by atoms with Crippen molar-refractivity contribution in [2.75, 3.05) is 32.9 Å². The maximum absolute atomic E-state index is 12.0. The molecule has 1 aliphatic heterocycles. The van der Waals surface area contributed by atoms with Crippen LogP contribution in [0.3, 0.4) is 0 Å². The Bertz CT molecular complexity index is 426. The largest absolute Gasteiger partial charge is 0.480 e. The van der Waals surface area contributed by atoms with Gasteiger partial charge in [0, 0.05) is 19.6 Å². The zero-order valence-electron chi connectivity index (χ0n) is 12.2. The van der Waals surface area contributed by atoms with Crippen molar-refractivity contribution < 1.29 is 18.3 Å². The lowest BCUT2D eigenvalue weighted by atomic mass is 10.1. The number of hydrogen-bond donors (Lipinski definition) is 2. The minimum atomic E-state index is -3.43. The monoisotopic (exact) mass is 307 g/mol. The fraction of sp³-hybridized carbons (Fsp3) is 0.917. The van der Waals surface area contributed by atoms with E-state index in [9.17, 15) is 13.2 Å². The van der Waals surface area contributed by atoms with Gasteiger partial charge in [-0.1, -0.05) is 0 Å². The van der Waals surface area contributed by atoms with E-state index < -0.39 is 22.0 Å². The van der Waals surface area contributed by atoms with Gasteiger partial charge in [-0.05, 0) is 39.3 Å². The molecule has 1 fully saturated rings. The zero-order valence-corrected chi connectivity index (χ0v) is 13.0. The Morgan fingerprint density at radius 1 is 1.55 bits per heavy atom. The van der Waals surface area contributed by atoms with E-state index in [0.717, 1.165) is 25.8 Å². The Labute approximate surface area is 120 Å². The highest BCUT2D eigenvalue weighted by atomic mass is 32.2. The molecule has 0 aliphatic carbocycles. The van der Waals surface area contributed by atoms with Crippen LogP contribution in [0.2, 0.25) is 0 Å². The van der Waals surface area contributed by atoms with E-state index in [2.05, 4.69) is 11.9 Å². The smallest absolute Gasteiger partial charge is 0.320 e. The molecule has 3 N–H and O–H groups in total. The molecule has 1 aliphatic rings. The molecular weight excluding hydrogens is 282 g/mol. The van der Waals surface area contributed by atoms with Gasteiger partial charge in [-0.3, -0.25) is 4.79 Å². The van der Waals surface area contributed by atoms with Crippen molar-refractivity contribution in [3.63, 3.8) is 0 Å². The molecule has 1 heterocycles. The lowest BCUT2D eigenvalue weighted by Gasteiger charge is -2.23. The summed E-state index contributed by atoms with van der Waals surface area (Å²) in [6, 6.07) is -0.687. The number of likely N-dealkylation sites (tertiary alicyclic amines) is 1. The van der Waals surface area contributed by atoms with Gasteiger partial charge in [-0.25, -0.2) is 12.7 Å². The van der Waals surface area contributed by atoms with E-state index in [1.54, 1.807) is 0 Å². The quantitative estimate of drug-likeness (QED) is 0.628. The number of rotatable bonds is 8. The van der Waals surface area contributed by atoms with Crippen LogP contribution in [0.5, 0.6) is 0 Å². The maximum Gasteiger partial charge on any atom is 0.320 e. The number of nitrogens with two attached hydrogens (primary N) is 1. The van der Waals surface area contributed by atoms with Crippen molar-refractivity contribution in [2.45, 2.75) is 37.8 Å². The number of carbonyl (C=O) groups is 1. The summed E-state index contributed by atoms with van der Waals surface area (Å²) in [5, 5.41) is 8.65. The molecular formula is C12H25N3O4S. The number of aliphatic carboxylic acids is 1.